The Balaban J connectivity index is 2.53. The van der Waals surface area contributed by atoms with Gasteiger partial charge >= 0.3 is 0 Å². The van der Waals surface area contributed by atoms with E-state index in [9.17, 15) is 0 Å². The highest BCUT2D eigenvalue weighted by atomic mass is 16.5. The van der Waals surface area contributed by atoms with E-state index in [4.69, 9.17) is 23.7 Å². The summed E-state index contributed by atoms with van der Waals surface area (Å²) in [6.07, 6.45) is 5.55. The average molecular weight is 455 g/mol. The van der Waals surface area contributed by atoms with E-state index < -0.39 is 0 Å². The molecule has 5 nitrogen and oxygen atoms in total. The Morgan fingerprint density at radius 2 is 1.24 bits per heavy atom. The fourth-order valence-corrected chi connectivity index (χ4v) is 4.96. The van der Waals surface area contributed by atoms with Gasteiger partial charge < -0.3 is 23.7 Å². The Bertz CT molecular complexity index is 1120. The zero-order chi connectivity index (χ0) is 24.1. The number of benzene rings is 3. The Morgan fingerprint density at radius 3 is 1.76 bits per heavy atom. The first kappa shape index (κ1) is 24.8. The molecule has 33 heavy (non-hydrogen) atoms. The highest BCUT2D eigenvalue weighted by molar-refractivity contribution is 6.16. The van der Waals surface area contributed by atoms with E-state index in [-0.39, 0.29) is 0 Å². The summed E-state index contributed by atoms with van der Waals surface area (Å²) in [6, 6.07) is 6.26. The molecule has 180 valence electrons. The van der Waals surface area contributed by atoms with Gasteiger partial charge in [0.15, 0.2) is 23.0 Å². The third kappa shape index (κ3) is 4.50. The molecule has 0 amide bonds. The Kier molecular flexibility index (Phi) is 8.17. The van der Waals surface area contributed by atoms with Crippen molar-refractivity contribution in [1.29, 1.82) is 0 Å². The molecule has 0 aliphatic rings. The summed E-state index contributed by atoms with van der Waals surface area (Å²) in [4.78, 5) is 0. The van der Waals surface area contributed by atoms with Crippen molar-refractivity contribution in [3.8, 4) is 28.7 Å². The number of fused-ring (bicyclic) bond motifs is 3. The van der Waals surface area contributed by atoms with Crippen LogP contribution in [0.5, 0.6) is 28.7 Å². The molecule has 0 N–H and O–H groups in total. The lowest BCUT2D eigenvalue weighted by Gasteiger charge is -2.23. The fourth-order valence-electron chi connectivity index (χ4n) is 4.96. The van der Waals surface area contributed by atoms with Crippen LogP contribution in [0.25, 0.3) is 21.5 Å². The summed E-state index contributed by atoms with van der Waals surface area (Å²) in [5.74, 6) is 3.92. The largest absolute Gasteiger partial charge is 0.493 e. The van der Waals surface area contributed by atoms with Crippen LogP contribution < -0.4 is 23.7 Å². The SMILES string of the molecule is CCCCC(C)Cc1c(CC)c2cc(OC)c(OC)cc2c2c(OC)c(OC)c(OC)cc12. The van der Waals surface area contributed by atoms with Gasteiger partial charge in [0.2, 0.25) is 5.75 Å². The number of rotatable bonds is 11. The minimum Gasteiger partial charge on any atom is -0.493 e. The normalized spacial score (nSPS) is 12.1. The summed E-state index contributed by atoms with van der Waals surface area (Å²) in [5.41, 5.74) is 2.67. The van der Waals surface area contributed by atoms with E-state index in [0.29, 0.717) is 28.9 Å². The molecule has 3 rings (SSSR count). The van der Waals surface area contributed by atoms with Gasteiger partial charge in [0.05, 0.1) is 35.5 Å². The average Bonchev–Trinajstić information content (AvgIpc) is 2.85. The monoisotopic (exact) mass is 454 g/mol. The lowest BCUT2D eigenvalue weighted by Crippen LogP contribution is -2.06. The molecule has 0 aromatic heterocycles. The molecule has 5 heteroatoms. The van der Waals surface area contributed by atoms with Crippen molar-refractivity contribution in [1.82, 2.24) is 0 Å². The smallest absolute Gasteiger partial charge is 0.203 e. The molecule has 0 aliphatic carbocycles. The minimum absolute atomic E-state index is 0.565. The molecule has 0 spiro atoms. The first-order chi connectivity index (χ1) is 16.0. The predicted molar refractivity (Wildman–Crippen MR) is 136 cm³/mol. The van der Waals surface area contributed by atoms with Gasteiger partial charge in [-0.2, -0.15) is 0 Å². The van der Waals surface area contributed by atoms with Crippen LogP contribution in [0.1, 0.15) is 51.2 Å². The second-order valence-electron chi connectivity index (χ2n) is 8.58. The summed E-state index contributed by atoms with van der Waals surface area (Å²) in [6.45, 7) is 6.81. The third-order valence-electron chi connectivity index (χ3n) is 6.59. The molecule has 3 aromatic carbocycles. The van der Waals surface area contributed by atoms with Crippen molar-refractivity contribution in [3.63, 3.8) is 0 Å². The lowest BCUT2D eigenvalue weighted by atomic mass is 9.84. The lowest BCUT2D eigenvalue weighted by molar-refractivity contribution is 0.327. The molecule has 0 aliphatic heterocycles. The van der Waals surface area contributed by atoms with Gasteiger partial charge in [0, 0.05) is 5.39 Å². The van der Waals surface area contributed by atoms with E-state index in [0.717, 1.165) is 40.1 Å². The quantitative estimate of drug-likeness (QED) is 0.293. The van der Waals surface area contributed by atoms with Crippen LogP contribution in [0.15, 0.2) is 18.2 Å². The molecule has 0 saturated carbocycles. The van der Waals surface area contributed by atoms with Crippen molar-refractivity contribution in [2.75, 3.05) is 35.5 Å². The van der Waals surface area contributed by atoms with Crippen molar-refractivity contribution >= 4 is 21.5 Å². The first-order valence-electron chi connectivity index (χ1n) is 11.8. The standard InChI is InChI=1S/C28H38O5/c1-9-11-12-17(3)13-19-18(10-2)20-14-23(29-4)24(30-5)15-21(20)26-22(19)16-25(31-6)27(32-7)28(26)33-8/h14-17H,9-13H2,1-8H3. The summed E-state index contributed by atoms with van der Waals surface area (Å²) < 4.78 is 28.7. The number of hydrogen-bond donors (Lipinski definition) is 0. The van der Waals surface area contributed by atoms with Gasteiger partial charge in [0.1, 0.15) is 0 Å². The molecule has 1 atom stereocenters. The van der Waals surface area contributed by atoms with E-state index >= 15 is 0 Å². The molecule has 0 fully saturated rings. The topological polar surface area (TPSA) is 46.2 Å². The van der Waals surface area contributed by atoms with Crippen molar-refractivity contribution in [3.05, 3.63) is 29.3 Å². The van der Waals surface area contributed by atoms with Crippen LogP contribution in [-0.4, -0.2) is 35.5 Å². The van der Waals surface area contributed by atoms with Gasteiger partial charge in [-0.05, 0) is 64.2 Å². The van der Waals surface area contributed by atoms with Gasteiger partial charge in [-0.15, -0.1) is 0 Å². The van der Waals surface area contributed by atoms with Crippen LogP contribution in [0.3, 0.4) is 0 Å². The van der Waals surface area contributed by atoms with Crippen LogP contribution in [0, 0.1) is 5.92 Å². The summed E-state index contributed by atoms with van der Waals surface area (Å²) in [5, 5.41) is 4.37. The number of aryl methyl sites for hydroxylation is 1. The summed E-state index contributed by atoms with van der Waals surface area (Å²) in [7, 11) is 8.34. The Labute approximate surface area is 197 Å². The molecular weight excluding hydrogens is 416 g/mol. The van der Waals surface area contributed by atoms with Gasteiger partial charge in [-0.3, -0.25) is 0 Å². The number of methoxy groups -OCH3 is 5. The number of ether oxygens (including phenoxy) is 5. The maximum atomic E-state index is 5.95. The van der Waals surface area contributed by atoms with Crippen molar-refractivity contribution < 1.29 is 23.7 Å². The second-order valence-corrected chi connectivity index (χ2v) is 8.58. The first-order valence-corrected chi connectivity index (χ1v) is 11.8. The number of hydrogen-bond acceptors (Lipinski definition) is 5. The van der Waals surface area contributed by atoms with Crippen LogP contribution in [-0.2, 0) is 12.8 Å². The highest BCUT2D eigenvalue weighted by Crippen LogP contribution is 2.50. The minimum atomic E-state index is 0.565. The van der Waals surface area contributed by atoms with Crippen LogP contribution >= 0.6 is 0 Å². The maximum absolute atomic E-state index is 5.95. The molecule has 0 bridgehead atoms. The Morgan fingerprint density at radius 1 is 0.667 bits per heavy atom. The highest BCUT2D eigenvalue weighted by Gasteiger charge is 2.24. The van der Waals surface area contributed by atoms with Crippen LogP contribution in [0.2, 0.25) is 0 Å². The zero-order valence-corrected chi connectivity index (χ0v) is 21.4. The second kappa shape index (κ2) is 10.9. The fraction of sp³-hybridized carbons (Fsp3) is 0.500. The molecule has 0 radical (unpaired) electrons. The van der Waals surface area contributed by atoms with Gasteiger partial charge in [-0.1, -0.05) is 40.0 Å². The van der Waals surface area contributed by atoms with E-state index in [1.54, 1.807) is 35.5 Å². The maximum Gasteiger partial charge on any atom is 0.203 e. The molecule has 3 aromatic rings. The molecule has 0 saturated heterocycles. The predicted octanol–water partition coefficient (Wildman–Crippen LogP) is 6.97. The zero-order valence-electron chi connectivity index (χ0n) is 21.4. The molecular formula is C28H38O5. The molecule has 0 heterocycles. The molecule has 1 unspecified atom stereocenters. The van der Waals surface area contributed by atoms with Crippen molar-refractivity contribution in [2.45, 2.75) is 52.9 Å². The summed E-state index contributed by atoms with van der Waals surface area (Å²) >= 11 is 0. The van der Waals surface area contributed by atoms with E-state index in [1.807, 2.05) is 6.07 Å². The third-order valence-corrected chi connectivity index (χ3v) is 6.59. The van der Waals surface area contributed by atoms with E-state index in [1.165, 1.54) is 30.4 Å². The van der Waals surface area contributed by atoms with Gasteiger partial charge in [-0.25, -0.2) is 0 Å². The van der Waals surface area contributed by atoms with Crippen molar-refractivity contribution in [2.24, 2.45) is 5.92 Å². The van der Waals surface area contributed by atoms with E-state index in [2.05, 4.69) is 32.9 Å². The number of unbranched alkanes of at least 4 members (excludes halogenated alkanes) is 1. The van der Waals surface area contributed by atoms with Gasteiger partial charge in [0.25, 0.3) is 0 Å². The van der Waals surface area contributed by atoms with Crippen LogP contribution in [0.4, 0.5) is 0 Å². The Hall–Kier alpha value is -2.82.